The zero-order chi connectivity index (χ0) is 14.8. The fourth-order valence-corrected chi connectivity index (χ4v) is 2.29. The minimum atomic E-state index is -3.23. The van der Waals surface area contributed by atoms with Crippen LogP contribution < -0.4 is 10.5 Å². The van der Waals surface area contributed by atoms with E-state index < -0.39 is 15.7 Å². The van der Waals surface area contributed by atoms with Gasteiger partial charge in [-0.3, -0.25) is 0 Å². The molecule has 0 saturated heterocycles. The minimum Gasteiger partial charge on any atom is -0.489 e. The van der Waals surface area contributed by atoms with Crippen LogP contribution in [0.3, 0.4) is 0 Å². The van der Waals surface area contributed by atoms with Crippen molar-refractivity contribution in [2.24, 2.45) is 0 Å². The summed E-state index contributed by atoms with van der Waals surface area (Å²) in [6.45, 7) is 0.0229. The number of hydrogen-bond acceptors (Lipinski definition) is 4. The van der Waals surface area contributed by atoms with Gasteiger partial charge in [-0.2, -0.15) is 0 Å². The molecule has 0 aromatic heterocycles. The Morgan fingerprint density at radius 3 is 2.40 bits per heavy atom. The Labute approximate surface area is 116 Å². The smallest absolute Gasteiger partial charge is 0.175 e. The lowest BCUT2D eigenvalue weighted by molar-refractivity contribution is 0.300. The van der Waals surface area contributed by atoms with Gasteiger partial charge in [0.05, 0.1) is 10.6 Å². The second kappa shape index (κ2) is 5.50. The largest absolute Gasteiger partial charge is 0.489 e. The van der Waals surface area contributed by atoms with Crippen molar-refractivity contribution in [2.45, 2.75) is 11.5 Å². The topological polar surface area (TPSA) is 69.4 Å². The van der Waals surface area contributed by atoms with Crippen LogP contribution in [0, 0.1) is 5.82 Å². The van der Waals surface area contributed by atoms with E-state index in [4.69, 9.17) is 10.5 Å². The third kappa shape index (κ3) is 3.27. The summed E-state index contributed by atoms with van der Waals surface area (Å²) in [5.74, 6) is -0.0421. The van der Waals surface area contributed by atoms with Gasteiger partial charge in [0.25, 0.3) is 0 Å². The van der Waals surface area contributed by atoms with Gasteiger partial charge in [-0.05, 0) is 30.3 Å². The fourth-order valence-electron chi connectivity index (χ4n) is 1.66. The van der Waals surface area contributed by atoms with E-state index in [0.29, 0.717) is 11.3 Å². The number of ether oxygens (including phenoxy) is 1. The average molecular weight is 295 g/mol. The Hall–Kier alpha value is -2.08. The first-order chi connectivity index (χ1) is 9.38. The molecule has 0 aliphatic heterocycles. The lowest BCUT2D eigenvalue weighted by Crippen LogP contribution is -2.02. The van der Waals surface area contributed by atoms with Crippen molar-refractivity contribution in [1.82, 2.24) is 0 Å². The quantitative estimate of drug-likeness (QED) is 0.879. The average Bonchev–Trinajstić information content (AvgIpc) is 2.40. The molecule has 106 valence electrons. The van der Waals surface area contributed by atoms with Crippen LogP contribution in [-0.2, 0) is 16.4 Å². The first-order valence-electron chi connectivity index (χ1n) is 5.84. The Kier molecular flexibility index (Phi) is 3.94. The summed E-state index contributed by atoms with van der Waals surface area (Å²) in [4.78, 5) is 0.208. The highest BCUT2D eigenvalue weighted by atomic mass is 32.2. The molecule has 0 amide bonds. The van der Waals surface area contributed by atoms with Gasteiger partial charge >= 0.3 is 0 Å². The van der Waals surface area contributed by atoms with Gasteiger partial charge in [0.1, 0.15) is 12.4 Å². The van der Waals surface area contributed by atoms with Crippen molar-refractivity contribution in [1.29, 1.82) is 0 Å². The molecule has 2 N–H and O–H groups in total. The highest BCUT2D eigenvalue weighted by molar-refractivity contribution is 7.90. The predicted molar refractivity (Wildman–Crippen MR) is 74.7 cm³/mol. The van der Waals surface area contributed by atoms with Crippen LogP contribution >= 0.6 is 0 Å². The lowest BCUT2D eigenvalue weighted by Gasteiger charge is -2.08. The van der Waals surface area contributed by atoms with E-state index in [2.05, 4.69) is 0 Å². The van der Waals surface area contributed by atoms with Crippen molar-refractivity contribution >= 4 is 15.5 Å². The lowest BCUT2D eigenvalue weighted by atomic mass is 10.2. The second-order valence-electron chi connectivity index (χ2n) is 4.35. The molecule has 0 radical (unpaired) electrons. The van der Waals surface area contributed by atoms with Gasteiger partial charge < -0.3 is 10.5 Å². The predicted octanol–water partition coefficient (Wildman–Crippen LogP) is 2.39. The van der Waals surface area contributed by atoms with E-state index in [-0.39, 0.29) is 17.2 Å². The van der Waals surface area contributed by atoms with Crippen LogP contribution in [-0.4, -0.2) is 14.7 Å². The molecule has 2 rings (SSSR count). The molecular formula is C14H14FNO3S. The van der Waals surface area contributed by atoms with E-state index in [1.807, 2.05) is 0 Å². The molecule has 0 bridgehead atoms. The molecule has 0 aliphatic carbocycles. The molecule has 4 nitrogen and oxygen atoms in total. The molecule has 0 fully saturated rings. The van der Waals surface area contributed by atoms with E-state index in [9.17, 15) is 12.8 Å². The number of nitrogens with two attached hydrogens (primary N) is 1. The third-order valence-electron chi connectivity index (χ3n) is 2.75. The second-order valence-corrected chi connectivity index (χ2v) is 6.37. The molecule has 0 saturated carbocycles. The summed E-state index contributed by atoms with van der Waals surface area (Å²) in [5.41, 5.74) is 5.87. The number of rotatable bonds is 4. The zero-order valence-corrected chi connectivity index (χ0v) is 11.7. The highest BCUT2D eigenvalue weighted by Gasteiger charge is 2.08. The van der Waals surface area contributed by atoms with Crippen molar-refractivity contribution in [2.75, 3.05) is 12.0 Å². The van der Waals surface area contributed by atoms with Crippen LogP contribution in [0.15, 0.2) is 47.4 Å². The molecule has 0 heterocycles. The number of halogens is 1. The van der Waals surface area contributed by atoms with Gasteiger partial charge in [-0.25, -0.2) is 12.8 Å². The molecule has 6 heteroatoms. The first-order valence-corrected chi connectivity index (χ1v) is 7.73. The highest BCUT2D eigenvalue weighted by Crippen LogP contribution is 2.19. The Morgan fingerprint density at radius 1 is 1.15 bits per heavy atom. The molecule has 20 heavy (non-hydrogen) atoms. The number of benzene rings is 2. The van der Waals surface area contributed by atoms with Crippen molar-refractivity contribution in [3.8, 4) is 5.75 Å². The summed E-state index contributed by atoms with van der Waals surface area (Å²) in [5, 5.41) is 0. The van der Waals surface area contributed by atoms with E-state index in [0.717, 1.165) is 6.26 Å². The SMILES string of the molecule is CS(=O)(=O)c1ccc(OCc2cccc(N)c2F)cc1. The Balaban J connectivity index is 2.10. The van der Waals surface area contributed by atoms with Crippen LogP contribution in [0.1, 0.15) is 5.56 Å². The maximum Gasteiger partial charge on any atom is 0.175 e. The fraction of sp³-hybridized carbons (Fsp3) is 0.143. The Bertz CT molecular complexity index is 712. The molecule has 2 aromatic rings. The molecule has 0 atom stereocenters. The molecule has 0 unspecified atom stereocenters. The summed E-state index contributed by atoms with van der Waals surface area (Å²) in [6, 6.07) is 10.6. The van der Waals surface area contributed by atoms with Crippen molar-refractivity contribution in [3.05, 3.63) is 53.8 Å². The van der Waals surface area contributed by atoms with Gasteiger partial charge in [0.15, 0.2) is 15.7 Å². The molecule has 2 aromatic carbocycles. The summed E-state index contributed by atoms with van der Waals surface area (Å²) < 4.78 is 41.6. The van der Waals surface area contributed by atoms with E-state index >= 15 is 0 Å². The monoisotopic (exact) mass is 295 g/mol. The van der Waals surface area contributed by atoms with E-state index in [1.54, 1.807) is 12.1 Å². The van der Waals surface area contributed by atoms with Gasteiger partial charge in [-0.1, -0.05) is 12.1 Å². The molecule has 0 aliphatic rings. The number of nitrogen functional groups attached to an aromatic ring is 1. The van der Waals surface area contributed by atoms with E-state index in [1.165, 1.54) is 30.3 Å². The molecule has 0 spiro atoms. The van der Waals surface area contributed by atoms with Gasteiger partial charge in [0, 0.05) is 11.8 Å². The summed E-state index contributed by atoms with van der Waals surface area (Å²) in [6.07, 6.45) is 1.13. The van der Waals surface area contributed by atoms with Crippen molar-refractivity contribution < 1.29 is 17.5 Å². The van der Waals surface area contributed by atoms with Crippen LogP contribution in [0.4, 0.5) is 10.1 Å². The van der Waals surface area contributed by atoms with Crippen LogP contribution in [0.25, 0.3) is 0 Å². The number of sulfone groups is 1. The number of anilines is 1. The maximum absolute atomic E-state index is 13.6. The van der Waals surface area contributed by atoms with Crippen molar-refractivity contribution in [3.63, 3.8) is 0 Å². The summed E-state index contributed by atoms with van der Waals surface area (Å²) in [7, 11) is -3.23. The minimum absolute atomic E-state index is 0.0229. The van der Waals surface area contributed by atoms with Crippen LogP contribution in [0.5, 0.6) is 5.75 Å². The third-order valence-corrected chi connectivity index (χ3v) is 3.88. The van der Waals surface area contributed by atoms with Crippen LogP contribution in [0.2, 0.25) is 0 Å². The number of hydrogen-bond donors (Lipinski definition) is 1. The maximum atomic E-state index is 13.6. The summed E-state index contributed by atoms with van der Waals surface area (Å²) >= 11 is 0. The van der Waals surface area contributed by atoms with Gasteiger partial charge in [-0.15, -0.1) is 0 Å². The zero-order valence-electron chi connectivity index (χ0n) is 10.8. The normalized spacial score (nSPS) is 11.3. The first kappa shape index (κ1) is 14.3. The van der Waals surface area contributed by atoms with Gasteiger partial charge in [0.2, 0.25) is 0 Å². The Morgan fingerprint density at radius 2 is 1.80 bits per heavy atom. The standard InChI is InChI=1S/C14H14FNO3S/c1-20(17,18)12-7-5-11(6-8-12)19-9-10-3-2-4-13(16)14(10)15/h2-8H,9,16H2,1H3. The molecular weight excluding hydrogens is 281 g/mol.